The molecular formula is C22H19N3O5S. The molecule has 9 heteroatoms. The Balaban J connectivity index is 1.52. The van der Waals surface area contributed by atoms with Crippen LogP contribution in [0.2, 0.25) is 0 Å². The highest BCUT2D eigenvalue weighted by molar-refractivity contribution is 7.20. The van der Waals surface area contributed by atoms with E-state index >= 15 is 0 Å². The van der Waals surface area contributed by atoms with Gasteiger partial charge in [-0.3, -0.25) is 10.1 Å². The van der Waals surface area contributed by atoms with E-state index in [4.69, 9.17) is 14.2 Å². The van der Waals surface area contributed by atoms with E-state index in [2.05, 4.69) is 15.6 Å². The Bertz CT molecular complexity index is 1130. The predicted molar refractivity (Wildman–Crippen MR) is 118 cm³/mol. The van der Waals surface area contributed by atoms with Gasteiger partial charge < -0.3 is 19.5 Å². The molecule has 0 aliphatic carbocycles. The first-order valence-electron chi connectivity index (χ1n) is 9.51. The van der Waals surface area contributed by atoms with Gasteiger partial charge >= 0.3 is 6.09 Å². The van der Waals surface area contributed by atoms with Crippen LogP contribution < -0.4 is 20.1 Å². The third kappa shape index (κ3) is 5.01. The molecule has 0 bridgehead atoms. The number of aromatic nitrogens is 1. The smallest absolute Gasteiger partial charge is 0.413 e. The van der Waals surface area contributed by atoms with Crippen molar-refractivity contribution in [3.05, 3.63) is 60.2 Å². The van der Waals surface area contributed by atoms with Crippen LogP contribution in [0, 0.1) is 0 Å². The maximum atomic E-state index is 12.6. The first kappa shape index (κ1) is 20.4. The number of amides is 2. The van der Waals surface area contributed by atoms with Gasteiger partial charge in [-0.1, -0.05) is 47.7 Å². The van der Waals surface area contributed by atoms with Crippen molar-refractivity contribution in [3.63, 3.8) is 0 Å². The molecule has 0 unspecified atom stereocenters. The van der Waals surface area contributed by atoms with Crippen LogP contribution in [0.15, 0.2) is 54.6 Å². The zero-order chi connectivity index (χ0) is 21.6. The lowest BCUT2D eigenvalue weighted by molar-refractivity contribution is -0.111. The van der Waals surface area contributed by atoms with Crippen LogP contribution in [0.3, 0.4) is 0 Å². The SMILES string of the molecule is CCOC(=O)Nc1nc(-c2ccccc2)c(NC(=O)/C=C\c2ccc3c(c2)OCO3)s1. The number of ether oxygens (including phenoxy) is 3. The molecule has 2 aromatic carbocycles. The zero-order valence-electron chi connectivity index (χ0n) is 16.6. The van der Waals surface area contributed by atoms with Gasteiger partial charge in [-0.05, 0) is 30.7 Å². The Labute approximate surface area is 182 Å². The van der Waals surface area contributed by atoms with Gasteiger partial charge in [-0.2, -0.15) is 0 Å². The van der Waals surface area contributed by atoms with Crippen molar-refractivity contribution in [2.24, 2.45) is 0 Å². The van der Waals surface area contributed by atoms with E-state index in [1.54, 1.807) is 25.1 Å². The molecule has 0 saturated heterocycles. The molecule has 2 amide bonds. The number of nitrogens with zero attached hydrogens (tertiary/aromatic N) is 1. The summed E-state index contributed by atoms with van der Waals surface area (Å²) in [6.07, 6.45) is 2.50. The molecule has 0 saturated carbocycles. The lowest BCUT2D eigenvalue weighted by Gasteiger charge is -2.03. The minimum atomic E-state index is -0.601. The summed E-state index contributed by atoms with van der Waals surface area (Å²) in [5.74, 6) is 0.993. The summed E-state index contributed by atoms with van der Waals surface area (Å²) in [7, 11) is 0. The fraction of sp³-hybridized carbons (Fsp3) is 0.136. The molecule has 0 radical (unpaired) electrons. The number of hydrogen-bond donors (Lipinski definition) is 2. The molecule has 2 N–H and O–H groups in total. The van der Waals surface area contributed by atoms with Crippen LogP contribution in [-0.4, -0.2) is 30.4 Å². The van der Waals surface area contributed by atoms with Crippen molar-refractivity contribution >= 4 is 39.5 Å². The summed E-state index contributed by atoms with van der Waals surface area (Å²) >= 11 is 1.15. The quantitative estimate of drug-likeness (QED) is 0.540. The highest BCUT2D eigenvalue weighted by Gasteiger charge is 2.17. The Morgan fingerprint density at radius 2 is 1.94 bits per heavy atom. The number of hydrogen-bond acceptors (Lipinski definition) is 7. The normalized spacial score (nSPS) is 12.0. The van der Waals surface area contributed by atoms with Crippen LogP contribution >= 0.6 is 11.3 Å². The molecule has 8 nitrogen and oxygen atoms in total. The van der Waals surface area contributed by atoms with E-state index in [0.717, 1.165) is 22.5 Å². The minimum absolute atomic E-state index is 0.193. The summed E-state index contributed by atoms with van der Waals surface area (Å²) in [5, 5.41) is 6.26. The van der Waals surface area contributed by atoms with E-state index in [1.165, 1.54) is 6.08 Å². The maximum absolute atomic E-state index is 12.6. The van der Waals surface area contributed by atoms with Gasteiger partial charge in [0, 0.05) is 11.6 Å². The number of carbonyl (C=O) groups excluding carboxylic acids is 2. The first-order chi connectivity index (χ1) is 15.1. The van der Waals surface area contributed by atoms with E-state index in [-0.39, 0.29) is 19.3 Å². The second kappa shape index (κ2) is 9.31. The lowest BCUT2D eigenvalue weighted by Crippen LogP contribution is -2.12. The molecule has 4 rings (SSSR count). The topological polar surface area (TPSA) is 98.8 Å². The summed E-state index contributed by atoms with van der Waals surface area (Å²) in [5.41, 5.74) is 2.17. The number of carbonyl (C=O) groups is 2. The van der Waals surface area contributed by atoms with Crippen LogP contribution in [0.1, 0.15) is 12.5 Å². The van der Waals surface area contributed by atoms with Gasteiger partial charge in [-0.25, -0.2) is 9.78 Å². The standard InChI is InChI=1S/C22H19N3O5S/c1-2-28-22(27)25-21-24-19(15-6-4-3-5-7-15)20(31-21)23-18(26)11-9-14-8-10-16-17(12-14)30-13-29-16/h3-12H,2,13H2,1H3,(H,23,26)(H,24,25,27)/b11-9-. The molecular weight excluding hydrogens is 418 g/mol. The molecule has 1 aliphatic heterocycles. The number of nitrogens with one attached hydrogen (secondary N) is 2. The van der Waals surface area contributed by atoms with Gasteiger partial charge in [0.25, 0.3) is 0 Å². The van der Waals surface area contributed by atoms with E-state index in [0.29, 0.717) is 27.3 Å². The fourth-order valence-electron chi connectivity index (χ4n) is 2.85. The Hall–Kier alpha value is -3.85. The van der Waals surface area contributed by atoms with Gasteiger partial charge in [0.05, 0.1) is 6.61 Å². The summed E-state index contributed by atoms with van der Waals surface area (Å²) < 4.78 is 15.5. The number of anilines is 2. The molecule has 31 heavy (non-hydrogen) atoms. The second-order valence-electron chi connectivity index (χ2n) is 6.34. The molecule has 0 fully saturated rings. The van der Waals surface area contributed by atoms with Crippen molar-refractivity contribution in [3.8, 4) is 22.8 Å². The number of rotatable bonds is 6. The van der Waals surface area contributed by atoms with E-state index < -0.39 is 6.09 Å². The summed E-state index contributed by atoms with van der Waals surface area (Å²) in [6, 6.07) is 14.8. The third-order valence-electron chi connectivity index (χ3n) is 4.22. The van der Waals surface area contributed by atoms with Crippen LogP contribution in [0.4, 0.5) is 14.9 Å². The third-order valence-corrected chi connectivity index (χ3v) is 5.11. The molecule has 0 atom stereocenters. The Morgan fingerprint density at radius 3 is 2.74 bits per heavy atom. The van der Waals surface area contributed by atoms with Crippen molar-refractivity contribution in [2.45, 2.75) is 6.92 Å². The van der Waals surface area contributed by atoms with Crippen molar-refractivity contribution < 1.29 is 23.8 Å². The maximum Gasteiger partial charge on any atom is 0.413 e. The minimum Gasteiger partial charge on any atom is -0.454 e. The van der Waals surface area contributed by atoms with Crippen molar-refractivity contribution in [1.82, 2.24) is 4.98 Å². The first-order valence-corrected chi connectivity index (χ1v) is 10.3. The molecule has 0 spiro atoms. The molecule has 3 aromatic rings. The fourth-order valence-corrected chi connectivity index (χ4v) is 3.72. The average Bonchev–Trinajstić information content (AvgIpc) is 3.39. The zero-order valence-corrected chi connectivity index (χ0v) is 17.4. The largest absolute Gasteiger partial charge is 0.454 e. The van der Waals surface area contributed by atoms with Gasteiger partial charge in [0.1, 0.15) is 10.7 Å². The monoisotopic (exact) mass is 437 g/mol. The highest BCUT2D eigenvalue weighted by Crippen LogP contribution is 2.36. The molecule has 2 heterocycles. The number of fused-ring (bicyclic) bond motifs is 1. The van der Waals surface area contributed by atoms with Crippen molar-refractivity contribution in [1.29, 1.82) is 0 Å². The van der Waals surface area contributed by atoms with Gasteiger partial charge in [0.15, 0.2) is 16.6 Å². The van der Waals surface area contributed by atoms with Crippen molar-refractivity contribution in [2.75, 3.05) is 24.0 Å². The number of benzene rings is 2. The Morgan fingerprint density at radius 1 is 1.13 bits per heavy atom. The summed E-state index contributed by atoms with van der Waals surface area (Å²) in [4.78, 5) is 28.7. The van der Waals surface area contributed by atoms with E-state index in [1.807, 2.05) is 36.4 Å². The highest BCUT2D eigenvalue weighted by atomic mass is 32.1. The predicted octanol–water partition coefficient (Wildman–Crippen LogP) is 4.76. The van der Waals surface area contributed by atoms with E-state index in [9.17, 15) is 9.59 Å². The molecule has 1 aliphatic rings. The van der Waals surface area contributed by atoms with Gasteiger partial charge in [-0.15, -0.1) is 0 Å². The Kier molecular flexibility index (Phi) is 6.13. The van der Waals surface area contributed by atoms with Crippen LogP contribution in [0.25, 0.3) is 17.3 Å². The van der Waals surface area contributed by atoms with Crippen LogP contribution in [-0.2, 0) is 9.53 Å². The lowest BCUT2D eigenvalue weighted by atomic mass is 10.1. The van der Waals surface area contributed by atoms with Crippen LogP contribution in [0.5, 0.6) is 11.5 Å². The average molecular weight is 437 g/mol. The second-order valence-corrected chi connectivity index (χ2v) is 7.34. The molecule has 158 valence electrons. The molecule has 1 aromatic heterocycles. The summed E-state index contributed by atoms with van der Waals surface area (Å²) in [6.45, 7) is 2.16. The number of thiazole rings is 1. The van der Waals surface area contributed by atoms with Gasteiger partial charge in [0.2, 0.25) is 12.7 Å².